The van der Waals surface area contributed by atoms with Gasteiger partial charge in [-0.25, -0.2) is 0 Å². The molecule has 0 nitrogen and oxygen atoms in total. The summed E-state index contributed by atoms with van der Waals surface area (Å²) >= 11 is 0. The van der Waals surface area contributed by atoms with E-state index < -0.39 is 0 Å². The van der Waals surface area contributed by atoms with Crippen LogP contribution in [0.15, 0.2) is 43.0 Å². The molecule has 0 saturated heterocycles. The third kappa shape index (κ3) is 12.7. The van der Waals surface area contributed by atoms with Crippen molar-refractivity contribution in [2.45, 2.75) is 12.8 Å². The number of hydrogen-bond acceptors (Lipinski definition) is 0. The van der Waals surface area contributed by atoms with Crippen molar-refractivity contribution in [2.24, 2.45) is 0 Å². The van der Waals surface area contributed by atoms with Gasteiger partial charge in [0, 0.05) is 0 Å². The summed E-state index contributed by atoms with van der Waals surface area (Å²) < 4.78 is 0. The summed E-state index contributed by atoms with van der Waals surface area (Å²) in [7, 11) is 0. The molecule has 0 unspecified atom stereocenters. The van der Waals surface area contributed by atoms with Crippen molar-refractivity contribution in [3.8, 4) is 0 Å². The molecule has 0 amide bonds. The second-order valence-corrected chi connectivity index (χ2v) is 2.48. The summed E-state index contributed by atoms with van der Waals surface area (Å²) in [6, 6.07) is 10.4. The SMILES string of the molecule is C=CCC[CH-]c1ccccc1.[Cl-].[Cl-].[Li+].[Mg+2]. The fourth-order valence-electron chi connectivity index (χ4n) is 0.957. The van der Waals surface area contributed by atoms with E-state index in [1.54, 1.807) is 0 Å². The third-order valence-electron chi connectivity index (χ3n) is 1.55. The molecule has 74 valence electrons. The van der Waals surface area contributed by atoms with Gasteiger partial charge in [-0.2, -0.15) is 24.1 Å². The predicted molar refractivity (Wildman–Crippen MR) is 55.0 cm³/mol. The molecule has 0 spiro atoms. The van der Waals surface area contributed by atoms with Crippen LogP contribution in [0.5, 0.6) is 0 Å². The molecule has 0 heterocycles. The van der Waals surface area contributed by atoms with E-state index in [1.807, 2.05) is 12.1 Å². The Bertz CT molecular complexity index is 217. The van der Waals surface area contributed by atoms with Crippen LogP contribution in [0.2, 0.25) is 0 Å². The van der Waals surface area contributed by atoms with Gasteiger partial charge in [0.1, 0.15) is 0 Å². The van der Waals surface area contributed by atoms with Crippen molar-refractivity contribution >= 4 is 23.1 Å². The van der Waals surface area contributed by atoms with E-state index >= 15 is 0 Å². The van der Waals surface area contributed by atoms with E-state index in [0.29, 0.717) is 0 Å². The van der Waals surface area contributed by atoms with Gasteiger partial charge in [-0.3, -0.25) is 0 Å². The van der Waals surface area contributed by atoms with Crippen LogP contribution in [0.4, 0.5) is 0 Å². The predicted octanol–water partition coefficient (Wildman–Crippen LogP) is -6.16. The fraction of sp³-hybridized carbons (Fsp3) is 0.182. The van der Waals surface area contributed by atoms with E-state index in [2.05, 4.69) is 37.3 Å². The van der Waals surface area contributed by atoms with Gasteiger partial charge in [0.25, 0.3) is 0 Å². The van der Waals surface area contributed by atoms with E-state index in [-0.39, 0.29) is 66.7 Å². The average molecular weight is 247 g/mol. The number of halogens is 2. The first-order chi connectivity index (χ1) is 5.43. The summed E-state index contributed by atoms with van der Waals surface area (Å²) in [4.78, 5) is 0. The average Bonchev–Trinajstić information content (AvgIpc) is 2.07. The zero-order chi connectivity index (χ0) is 7.94. The number of allylic oxidation sites excluding steroid dienone is 1. The van der Waals surface area contributed by atoms with Crippen molar-refractivity contribution in [1.29, 1.82) is 0 Å². The second kappa shape index (κ2) is 17.2. The Morgan fingerprint density at radius 2 is 1.67 bits per heavy atom. The Kier molecular flexibility index (Phi) is 28.4. The standard InChI is InChI=1S/C11H13.2ClH.Li.Mg/c1-2-3-5-8-11-9-6-4-7-10-11;;;;/h2,4,6-10H,1,3,5H2;2*1H;;/q-1;;;+1;+2/p-2. The molecule has 0 N–H and O–H groups in total. The Balaban J connectivity index is -0.000000151. The Morgan fingerprint density at radius 3 is 2.13 bits per heavy atom. The molecule has 0 aliphatic heterocycles. The van der Waals surface area contributed by atoms with Crippen LogP contribution in [0.3, 0.4) is 0 Å². The topological polar surface area (TPSA) is 0 Å². The number of unbranched alkanes of at least 4 members (excludes halogenated alkanes) is 1. The molecule has 0 atom stereocenters. The smallest absolute Gasteiger partial charge is 1.00 e. The molecule has 4 heteroatoms. The Labute approximate surface area is 133 Å². The summed E-state index contributed by atoms with van der Waals surface area (Å²) in [6.07, 6.45) is 6.32. The molecular weight excluding hydrogens is 234 g/mol. The van der Waals surface area contributed by atoms with Gasteiger partial charge in [-0.05, 0) is 6.42 Å². The Morgan fingerprint density at radius 1 is 1.13 bits per heavy atom. The summed E-state index contributed by atoms with van der Waals surface area (Å²) in [5.74, 6) is 0. The van der Waals surface area contributed by atoms with Gasteiger partial charge < -0.3 is 24.8 Å². The van der Waals surface area contributed by atoms with Gasteiger partial charge >= 0.3 is 41.9 Å². The van der Waals surface area contributed by atoms with Crippen LogP contribution in [-0.4, -0.2) is 23.1 Å². The van der Waals surface area contributed by atoms with Crippen molar-refractivity contribution < 1.29 is 43.7 Å². The molecule has 0 saturated carbocycles. The maximum absolute atomic E-state index is 3.67. The van der Waals surface area contributed by atoms with Gasteiger partial charge in [0.15, 0.2) is 0 Å². The first kappa shape index (κ1) is 24.8. The van der Waals surface area contributed by atoms with Crippen LogP contribution in [0, 0.1) is 6.42 Å². The molecule has 1 aromatic carbocycles. The van der Waals surface area contributed by atoms with E-state index in [1.165, 1.54) is 5.56 Å². The quantitative estimate of drug-likeness (QED) is 0.215. The van der Waals surface area contributed by atoms with Crippen molar-refractivity contribution in [2.75, 3.05) is 0 Å². The fourth-order valence-corrected chi connectivity index (χ4v) is 0.957. The van der Waals surface area contributed by atoms with Gasteiger partial charge in [-0.15, -0.1) is 18.7 Å². The molecule has 0 aliphatic carbocycles. The molecule has 1 aromatic rings. The minimum atomic E-state index is 0. The molecule has 0 aromatic heterocycles. The minimum Gasteiger partial charge on any atom is -1.00 e. The zero-order valence-electron chi connectivity index (χ0n) is 9.13. The van der Waals surface area contributed by atoms with Crippen molar-refractivity contribution in [3.05, 3.63) is 55.0 Å². The molecule has 1 rings (SSSR count). The molecule has 0 aliphatic rings. The summed E-state index contributed by atoms with van der Waals surface area (Å²) in [6.45, 7) is 3.67. The van der Waals surface area contributed by atoms with E-state index in [4.69, 9.17) is 0 Å². The van der Waals surface area contributed by atoms with E-state index in [0.717, 1.165) is 12.8 Å². The molecule has 0 fully saturated rings. The molecular formula is C11H13Cl2LiMg. The van der Waals surface area contributed by atoms with Gasteiger partial charge in [0.05, 0.1) is 0 Å². The van der Waals surface area contributed by atoms with Crippen molar-refractivity contribution in [1.82, 2.24) is 0 Å². The minimum absolute atomic E-state index is 0. The van der Waals surface area contributed by atoms with Gasteiger partial charge in [0.2, 0.25) is 0 Å². The Hall–Kier alpha value is 0.774. The normalized spacial score (nSPS) is 6.67. The largest absolute Gasteiger partial charge is 2.00 e. The summed E-state index contributed by atoms with van der Waals surface area (Å²) in [5.41, 5.74) is 1.30. The number of rotatable bonds is 4. The van der Waals surface area contributed by atoms with Crippen LogP contribution in [0.1, 0.15) is 18.4 Å². The maximum Gasteiger partial charge on any atom is 2.00 e. The van der Waals surface area contributed by atoms with E-state index in [9.17, 15) is 0 Å². The first-order valence-corrected chi connectivity index (χ1v) is 3.92. The molecule has 15 heavy (non-hydrogen) atoms. The maximum atomic E-state index is 3.67. The molecule has 0 bridgehead atoms. The van der Waals surface area contributed by atoms with Crippen LogP contribution >= 0.6 is 0 Å². The van der Waals surface area contributed by atoms with Crippen LogP contribution < -0.4 is 43.7 Å². The number of benzene rings is 1. The van der Waals surface area contributed by atoms with Crippen LogP contribution in [0.25, 0.3) is 0 Å². The second-order valence-electron chi connectivity index (χ2n) is 2.48. The zero-order valence-corrected chi connectivity index (χ0v) is 12.1. The third-order valence-corrected chi connectivity index (χ3v) is 1.55. The van der Waals surface area contributed by atoms with Crippen LogP contribution in [-0.2, 0) is 0 Å². The summed E-state index contributed by atoms with van der Waals surface area (Å²) in [5, 5.41) is 0. The van der Waals surface area contributed by atoms with Gasteiger partial charge in [-0.1, -0.05) is 18.6 Å². The number of hydrogen-bond donors (Lipinski definition) is 0. The van der Waals surface area contributed by atoms with Crippen molar-refractivity contribution in [3.63, 3.8) is 0 Å². The monoisotopic (exact) mass is 246 g/mol. The molecule has 0 radical (unpaired) electrons. The first-order valence-electron chi connectivity index (χ1n) is 3.92.